The normalized spacial score (nSPS) is 14.3. The van der Waals surface area contributed by atoms with Gasteiger partial charge in [-0.25, -0.2) is 15.0 Å². The second-order valence-corrected chi connectivity index (χ2v) is 17.8. The molecule has 0 atom stereocenters. The molecule has 14 rings (SSSR count). The van der Waals surface area contributed by atoms with Crippen molar-refractivity contribution < 1.29 is 0 Å². The van der Waals surface area contributed by atoms with Crippen molar-refractivity contribution in [2.45, 2.75) is 10.8 Å². The molecule has 2 spiro atoms. The second-order valence-electron chi connectivity index (χ2n) is 16.7. The summed E-state index contributed by atoms with van der Waals surface area (Å²) in [5.74, 6) is 1.57. The molecule has 0 amide bonds. The van der Waals surface area contributed by atoms with E-state index in [-0.39, 0.29) is 0 Å². The van der Waals surface area contributed by atoms with E-state index in [1.54, 1.807) is 12.4 Å². The minimum absolute atomic E-state index is 0.501. The van der Waals surface area contributed by atoms with Crippen LogP contribution in [0.3, 0.4) is 0 Å². The monoisotopic (exact) mass is 819 g/mol. The van der Waals surface area contributed by atoms with E-state index in [0.717, 1.165) is 5.56 Å². The highest BCUT2D eigenvalue weighted by Gasteiger charge is 2.59. The zero-order valence-corrected chi connectivity index (χ0v) is 34.5. The molecule has 63 heavy (non-hydrogen) atoms. The van der Waals surface area contributed by atoms with Gasteiger partial charge >= 0.3 is 0 Å². The molecule has 0 saturated heterocycles. The average molecular weight is 820 g/mol. The maximum atomic E-state index is 5.16. The summed E-state index contributed by atoms with van der Waals surface area (Å²) in [4.78, 5) is 24.6. The molecular formula is C57H33N5S. The third kappa shape index (κ3) is 4.52. The Labute approximate surface area is 367 Å². The molecule has 0 bridgehead atoms. The van der Waals surface area contributed by atoms with Gasteiger partial charge in [0, 0.05) is 38.1 Å². The molecule has 0 aliphatic heterocycles. The van der Waals surface area contributed by atoms with Gasteiger partial charge in [-0.05, 0) is 115 Å². The molecule has 4 heterocycles. The lowest BCUT2D eigenvalue weighted by Gasteiger charge is -2.48. The van der Waals surface area contributed by atoms with Gasteiger partial charge in [0.2, 0.25) is 0 Å². The Hall–Kier alpha value is -7.93. The fourth-order valence-corrected chi connectivity index (χ4v) is 12.5. The van der Waals surface area contributed by atoms with Crippen LogP contribution in [0.1, 0.15) is 44.5 Å². The van der Waals surface area contributed by atoms with Crippen LogP contribution >= 0.6 is 11.3 Å². The van der Waals surface area contributed by atoms with Crippen LogP contribution in [0.2, 0.25) is 0 Å². The van der Waals surface area contributed by atoms with Gasteiger partial charge in [-0.1, -0.05) is 140 Å². The van der Waals surface area contributed by atoms with Crippen LogP contribution in [0.15, 0.2) is 200 Å². The third-order valence-corrected chi connectivity index (χ3v) is 14.9. The number of thiophene rings is 1. The van der Waals surface area contributed by atoms with Crippen molar-refractivity contribution >= 4 is 31.5 Å². The van der Waals surface area contributed by atoms with E-state index in [4.69, 9.17) is 15.0 Å². The number of pyridine rings is 2. The largest absolute Gasteiger partial charge is 0.253 e. The first-order chi connectivity index (χ1) is 31.2. The molecule has 7 aromatic carbocycles. The quantitative estimate of drug-likeness (QED) is 0.178. The van der Waals surface area contributed by atoms with Crippen molar-refractivity contribution in [3.8, 4) is 56.7 Å². The summed E-state index contributed by atoms with van der Waals surface area (Å²) in [5.41, 5.74) is 16.4. The van der Waals surface area contributed by atoms with Crippen molar-refractivity contribution in [3.63, 3.8) is 0 Å². The van der Waals surface area contributed by atoms with Crippen LogP contribution in [0.5, 0.6) is 0 Å². The average Bonchev–Trinajstić information content (AvgIpc) is 3.97. The summed E-state index contributed by atoms with van der Waals surface area (Å²) in [5, 5.41) is 2.57. The van der Waals surface area contributed by atoms with E-state index in [1.807, 2.05) is 47.7 Å². The van der Waals surface area contributed by atoms with Gasteiger partial charge in [-0.3, -0.25) is 9.97 Å². The third-order valence-electron chi connectivity index (χ3n) is 13.7. The van der Waals surface area contributed by atoms with Crippen LogP contribution in [-0.2, 0) is 10.8 Å². The van der Waals surface area contributed by atoms with E-state index in [9.17, 15) is 0 Å². The Kier molecular flexibility index (Phi) is 7.06. The summed E-state index contributed by atoms with van der Waals surface area (Å²) in [7, 11) is 0. The lowest BCUT2D eigenvalue weighted by atomic mass is 9.52. The predicted molar refractivity (Wildman–Crippen MR) is 253 cm³/mol. The number of fused-ring (bicyclic) bond motifs is 19. The van der Waals surface area contributed by atoms with E-state index >= 15 is 0 Å². The number of nitrogens with zero attached hydrogens (tertiary/aromatic N) is 5. The topological polar surface area (TPSA) is 64.5 Å². The Morgan fingerprint density at radius 1 is 0.317 bits per heavy atom. The fraction of sp³-hybridized carbons (Fsp3) is 0.0351. The molecule has 0 N–H and O–H groups in total. The van der Waals surface area contributed by atoms with Crippen LogP contribution < -0.4 is 0 Å². The molecule has 292 valence electrons. The van der Waals surface area contributed by atoms with Crippen LogP contribution in [0.4, 0.5) is 0 Å². The molecule has 5 nitrogen and oxygen atoms in total. The number of hydrogen-bond acceptors (Lipinski definition) is 6. The number of benzene rings is 7. The van der Waals surface area contributed by atoms with Gasteiger partial charge in [0.25, 0.3) is 0 Å². The van der Waals surface area contributed by atoms with Crippen molar-refractivity contribution in [1.29, 1.82) is 0 Å². The summed E-state index contributed by atoms with van der Waals surface area (Å²) in [6, 6.07) is 68.9. The highest BCUT2D eigenvalue weighted by molar-refractivity contribution is 7.25. The molecule has 0 unspecified atom stereocenters. The first-order valence-corrected chi connectivity index (χ1v) is 22.1. The van der Waals surface area contributed by atoms with E-state index in [1.165, 1.54) is 86.9 Å². The highest BCUT2D eigenvalue weighted by Crippen LogP contribution is 2.68. The minimum atomic E-state index is -0.691. The zero-order chi connectivity index (χ0) is 41.3. The highest BCUT2D eigenvalue weighted by atomic mass is 32.1. The molecule has 3 aliphatic rings. The Balaban J connectivity index is 1.11. The number of aromatic nitrogens is 5. The number of rotatable bonds is 3. The van der Waals surface area contributed by atoms with Gasteiger partial charge < -0.3 is 0 Å². The van der Waals surface area contributed by atoms with E-state index in [0.29, 0.717) is 28.9 Å². The maximum Gasteiger partial charge on any atom is 0.182 e. The Bertz CT molecular complexity index is 3550. The predicted octanol–water partition coefficient (Wildman–Crippen LogP) is 13.1. The zero-order valence-electron chi connectivity index (χ0n) is 33.7. The van der Waals surface area contributed by atoms with Crippen LogP contribution in [0.25, 0.3) is 76.9 Å². The summed E-state index contributed by atoms with van der Waals surface area (Å²) >= 11 is 1.87. The maximum absolute atomic E-state index is 5.16. The Morgan fingerprint density at radius 2 is 0.794 bits per heavy atom. The summed E-state index contributed by atoms with van der Waals surface area (Å²) in [6.07, 6.45) is 3.55. The molecule has 6 heteroatoms. The standard InChI is InChI=1S/C57H33N5S/c1-4-18-41-35(15-1)36-16-2-5-19-42(36)56(41)43-20-6-8-22-45(43)57(46-23-9-7-21-44(46)56)47-31-34(27-28-37(47)39-33-52-40(32-48(39)57)38-17-3-10-26-51(38)63-52)53-60-54(49-24-11-13-29-58-49)62-55(61-53)50-25-12-14-30-59-50/h1-33H. The molecule has 0 saturated carbocycles. The second kappa shape index (κ2) is 12.8. The number of hydrogen-bond donors (Lipinski definition) is 0. The van der Waals surface area contributed by atoms with Gasteiger partial charge in [0.1, 0.15) is 11.4 Å². The van der Waals surface area contributed by atoms with E-state index in [2.05, 4.69) is 162 Å². The molecule has 0 radical (unpaired) electrons. The van der Waals surface area contributed by atoms with Crippen LogP contribution in [0, 0.1) is 0 Å². The summed E-state index contributed by atoms with van der Waals surface area (Å²) < 4.78 is 2.58. The van der Waals surface area contributed by atoms with Crippen molar-refractivity contribution in [2.24, 2.45) is 0 Å². The fourth-order valence-electron chi connectivity index (χ4n) is 11.4. The minimum Gasteiger partial charge on any atom is -0.253 e. The molecule has 11 aromatic rings. The lowest BCUT2D eigenvalue weighted by Crippen LogP contribution is -2.43. The first kappa shape index (κ1) is 34.7. The van der Waals surface area contributed by atoms with Gasteiger partial charge in [0.05, 0.1) is 10.8 Å². The van der Waals surface area contributed by atoms with Crippen molar-refractivity contribution in [3.05, 3.63) is 245 Å². The van der Waals surface area contributed by atoms with Gasteiger partial charge in [-0.2, -0.15) is 0 Å². The van der Waals surface area contributed by atoms with Gasteiger partial charge in [0.15, 0.2) is 17.5 Å². The first-order valence-electron chi connectivity index (χ1n) is 21.3. The molecule has 4 aromatic heterocycles. The Morgan fingerprint density at radius 3 is 1.38 bits per heavy atom. The van der Waals surface area contributed by atoms with E-state index < -0.39 is 10.8 Å². The molecule has 3 aliphatic carbocycles. The lowest BCUT2D eigenvalue weighted by molar-refractivity contribution is 0.633. The van der Waals surface area contributed by atoms with Gasteiger partial charge in [-0.15, -0.1) is 11.3 Å². The SMILES string of the molecule is c1ccc(-c2nc(-c3ccc4c(c3)C3(c5cc6c(cc5-4)sc4ccccc46)c4ccccc4C4(c5ccccc5-c5ccccc54)c4ccccc43)nc(-c3ccccn3)n2)nc1. The summed E-state index contributed by atoms with van der Waals surface area (Å²) in [6.45, 7) is 0. The molecular weight excluding hydrogens is 787 g/mol. The molecule has 0 fully saturated rings. The van der Waals surface area contributed by atoms with Crippen molar-refractivity contribution in [2.75, 3.05) is 0 Å². The van der Waals surface area contributed by atoms with Crippen molar-refractivity contribution in [1.82, 2.24) is 24.9 Å². The smallest absolute Gasteiger partial charge is 0.182 e. The van der Waals surface area contributed by atoms with Crippen LogP contribution in [-0.4, -0.2) is 24.9 Å².